The van der Waals surface area contributed by atoms with Crippen LogP contribution in [0, 0.1) is 0 Å². The Morgan fingerprint density at radius 3 is 2.95 bits per heavy atom. The highest BCUT2D eigenvalue weighted by molar-refractivity contribution is 5.84. The van der Waals surface area contributed by atoms with Gasteiger partial charge in [-0.1, -0.05) is 20.3 Å². The van der Waals surface area contributed by atoms with Gasteiger partial charge < -0.3 is 10.4 Å². The first-order valence-corrected chi connectivity index (χ1v) is 7.45. The van der Waals surface area contributed by atoms with E-state index in [1.807, 2.05) is 18.5 Å². The SMILES string of the molecule is CCCC(C)(O)C(=O)NC1CCCn2nc(CC)nc21. The van der Waals surface area contributed by atoms with Gasteiger partial charge in [-0.2, -0.15) is 5.10 Å². The summed E-state index contributed by atoms with van der Waals surface area (Å²) in [5.74, 6) is 1.30. The molecular formula is C14H24N4O2. The lowest BCUT2D eigenvalue weighted by atomic mass is 9.98. The third-order valence-corrected chi connectivity index (χ3v) is 3.77. The Bertz CT molecular complexity index is 482. The van der Waals surface area contributed by atoms with Crippen LogP contribution in [0.15, 0.2) is 0 Å². The Balaban J connectivity index is 2.12. The lowest BCUT2D eigenvalue weighted by Crippen LogP contribution is -2.46. The minimum absolute atomic E-state index is 0.146. The number of aliphatic hydroxyl groups is 1. The molecule has 2 rings (SSSR count). The summed E-state index contributed by atoms with van der Waals surface area (Å²) in [5.41, 5.74) is -1.31. The van der Waals surface area contributed by atoms with Crippen molar-refractivity contribution < 1.29 is 9.90 Å². The summed E-state index contributed by atoms with van der Waals surface area (Å²) in [6, 6.07) is -0.146. The Labute approximate surface area is 119 Å². The number of aryl methyl sites for hydroxylation is 2. The smallest absolute Gasteiger partial charge is 0.252 e. The number of amides is 1. The molecule has 2 N–H and O–H groups in total. The van der Waals surface area contributed by atoms with Gasteiger partial charge in [0, 0.05) is 13.0 Å². The molecule has 0 aromatic carbocycles. The Morgan fingerprint density at radius 1 is 1.55 bits per heavy atom. The highest BCUT2D eigenvalue weighted by atomic mass is 16.3. The first-order chi connectivity index (χ1) is 9.47. The van der Waals surface area contributed by atoms with E-state index >= 15 is 0 Å². The maximum atomic E-state index is 12.2. The number of nitrogens with one attached hydrogen (secondary N) is 1. The summed E-state index contributed by atoms with van der Waals surface area (Å²) in [4.78, 5) is 16.7. The van der Waals surface area contributed by atoms with Gasteiger partial charge in [-0.05, 0) is 26.2 Å². The van der Waals surface area contributed by atoms with Crippen molar-refractivity contribution in [3.8, 4) is 0 Å². The van der Waals surface area contributed by atoms with E-state index in [4.69, 9.17) is 0 Å². The predicted molar refractivity (Wildman–Crippen MR) is 75.0 cm³/mol. The summed E-state index contributed by atoms with van der Waals surface area (Å²) >= 11 is 0. The van der Waals surface area contributed by atoms with Gasteiger partial charge in [0.05, 0.1) is 6.04 Å². The van der Waals surface area contributed by atoms with Crippen molar-refractivity contribution in [1.82, 2.24) is 20.1 Å². The molecule has 0 radical (unpaired) electrons. The normalized spacial score (nSPS) is 21.1. The van der Waals surface area contributed by atoms with E-state index in [1.165, 1.54) is 0 Å². The van der Waals surface area contributed by atoms with Gasteiger partial charge in [0.25, 0.3) is 5.91 Å². The minimum Gasteiger partial charge on any atom is -0.380 e. The van der Waals surface area contributed by atoms with Crippen LogP contribution >= 0.6 is 0 Å². The molecule has 112 valence electrons. The Morgan fingerprint density at radius 2 is 2.30 bits per heavy atom. The van der Waals surface area contributed by atoms with Crippen molar-refractivity contribution in [2.75, 3.05) is 0 Å². The maximum absolute atomic E-state index is 12.2. The van der Waals surface area contributed by atoms with Crippen LogP contribution in [0.2, 0.25) is 0 Å². The maximum Gasteiger partial charge on any atom is 0.252 e. The molecule has 0 fully saturated rings. The molecule has 6 heteroatoms. The van der Waals surface area contributed by atoms with E-state index in [1.54, 1.807) is 6.92 Å². The molecule has 1 aromatic rings. The molecule has 1 aromatic heterocycles. The van der Waals surface area contributed by atoms with Crippen molar-refractivity contribution in [2.24, 2.45) is 0 Å². The molecule has 0 bridgehead atoms. The first kappa shape index (κ1) is 15.0. The third kappa shape index (κ3) is 3.00. The molecular weight excluding hydrogens is 256 g/mol. The fourth-order valence-electron chi connectivity index (χ4n) is 2.60. The number of fused-ring (bicyclic) bond motifs is 1. The Kier molecular flexibility index (Phi) is 4.42. The summed E-state index contributed by atoms with van der Waals surface area (Å²) < 4.78 is 1.88. The van der Waals surface area contributed by atoms with E-state index in [-0.39, 0.29) is 11.9 Å². The highest BCUT2D eigenvalue weighted by Crippen LogP contribution is 2.24. The average molecular weight is 280 g/mol. The van der Waals surface area contributed by atoms with Crippen molar-refractivity contribution >= 4 is 5.91 Å². The largest absolute Gasteiger partial charge is 0.380 e. The molecule has 0 saturated heterocycles. The third-order valence-electron chi connectivity index (χ3n) is 3.77. The molecule has 1 amide bonds. The van der Waals surface area contributed by atoms with Gasteiger partial charge >= 0.3 is 0 Å². The number of hydrogen-bond acceptors (Lipinski definition) is 4. The van der Waals surface area contributed by atoms with Gasteiger partial charge in [0.2, 0.25) is 0 Å². The fraction of sp³-hybridized carbons (Fsp3) is 0.786. The molecule has 2 atom stereocenters. The van der Waals surface area contributed by atoms with Gasteiger partial charge in [-0.3, -0.25) is 4.79 Å². The monoisotopic (exact) mass is 280 g/mol. The zero-order valence-electron chi connectivity index (χ0n) is 12.5. The molecule has 2 heterocycles. The predicted octanol–water partition coefficient (Wildman–Crippen LogP) is 1.34. The van der Waals surface area contributed by atoms with Crippen molar-refractivity contribution in [3.05, 3.63) is 11.6 Å². The van der Waals surface area contributed by atoms with Crippen LogP contribution in [0.3, 0.4) is 0 Å². The number of carbonyl (C=O) groups excluding carboxylic acids is 1. The van der Waals surface area contributed by atoms with Crippen LogP contribution in [0.5, 0.6) is 0 Å². The van der Waals surface area contributed by atoms with Crippen molar-refractivity contribution in [3.63, 3.8) is 0 Å². The molecule has 1 aliphatic heterocycles. The summed E-state index contributed by atoms with van der Waals surface area (Å²) in [7, 11) is 0. The summed E-state index contributed by atoms with van der Waals surface area (Å²) in [6.45, 7) is 6.38. The van der Waals surface area contributed by atoms with Crippen molar-refractivity contribution in [2.45, 2.75) is 71.1 Å². The van der Waals surface area contributed by atoms with E-state index in [9.17, 15) is 9.90 Å². The van der Waals surface area contributed by atoms with Crippen molar-refractivity contribution in [1.29, 1.82) is 0 Å². The second-order valence-corrected chi connectivity index (χ2v) is 5.66. The van der Waals surface area contributed by atoms with E-state index in [0.29, 0.717) is 6.42 Å². The second kappa shape index (κ2) is 5.91. The fourth-order valence-corrected chi connectivity index (χ4v) is 2.60. The molecule has 6 nitrogen and oxygen atoms in total. The van der Waals surface area contributed by atoms with E-state index < -0.39 is 5.60 Å². The topological polar surface area (TPSA) is 80.0 Å². The number of hydrogen-bond donors (Lipinski definition) is 2. The zero-order valence-corrected chi connectivity index (χ0v) is 12.5. The highest BCUT2D eigenvalue weighted by Gasteiger charge is 2.33. The van der Waals surface area contributed by atoms with Crippen LogP contribution in [0.25, 0.3) is 0 Å². The van der Waals surface area contributed by atoms with E-state index in [0.717, 1.165) is 43.9 Å². The standard InChI is InChI=1S/C14H24N4O2/c1-4-8-14(3,20)13(19)15-10-7-6-9-18-12(10)16-11(5-2)17-18/h10,20H,4-9H2,1-3H3,(H,15,19). The molecule has 20 heavy (non-hydrogen) atoms. The van der Waals surface area contributed by atoms with Crippen LogP contribution < -0.4 is 5.32 Å². The summed E-state index contributed by atoms with van der Waals surface area (Å²) in [5, 5.41) is 17.5. The number of rotatable bonds is 5. The number of nitrogens with zero attached hydrogens (tertiary/aromatic N) is 3. The average Bonchev–Trinajstić information content (AvgIpc) is 2.82. The van der Waals surface area contributed by atoms with Gasteiger partial charge in [0.1, 0.15) is 11.4 Å². The first-order valence-electron chi connectivity index (χ1n) is 7.45. The molecule has 1 aliphatic rings. The van der Waals surface area contributed by atoms with Gasteiger partial charge in [0.15, 0.2) is 5.82 Å². The van der Waals surface area contributed by atoms with Crippen LogP contribution in [0.4, 0.5) is 0 Å². The lowest BCUT2D eigenvalue weighted by molar-refractivity contribution is -0.139. The van der Waals surface area contributed by atoms with Crippen LogP contribution in [-0.2, 0) is 17.8 Å². The molecule has 2 unspecified atom stereocenters. The quantitative estimate of drug-likeness (QED) is 0.853. The van der Waals surface area contributed by atoms with Gasteiger partial charge in [-0.25, -0.2) is 9.67 Å². The van der Waals surface area contributed by atoms with Crippen LogP contribution in [-0.4, -0.2) is 31.4 Å². The summed E-state index contributed by atoms with van der Waals surface area (Å²) in [6.07, 6.45) is 3.81. The lowest BCUT2D eigenvalue weighted by Gasteiger charge is -2.28. The Hall–Kier alpha value is -1.43. The number of carbonyl (C=O) groups is 1. The number of aromatic nitrogens is 3. The van der Waals surface area contributed by atoms with Gasteiger partial charge in [-0.15, -0.1) is 0 Å². The van der Waals surface area contributed by atoms with Crippen LogP contribution in [0.1, 0.15) is 64.1 Å². The molecule has 0 spiro atoms. The molecule has 0 aliphatic carbocycles. The molecule has 0 saturated carbocycles. The van der Waals surface area contributed by atoms with E-state index in [2.05, 4.69) is 15.4 Å². The second-order valence-electron chi connectivity index (χ2n) is 5.66. The minimum atomic E-state index is -1.31. The zero-order chi connectivity index (χ0) is 14.8.